The van der Waals surface area contributed by atoms with Crippen molar-refractivity contribution in [2.75, 3.05) is 19.6 Å². The van der Waals surface area contributed by atoms with Gasteiger partial charge in [0.2, 0.25) is 5.95 Å². The Bertz CT molecular complexity index is 1120. The van der Waals surface area contributed by atoms with Gasteiger partial charge in [0.05, 0.1) is 5.56 Å². The molecule has 1 saturated heterocycles. The molecule has 1 aromatic carbocycles. The first-order valence-corrected chi connectivity index (χ1v) is 10.5. The van der Waals surface area contributed by atoms with Gasteiger partial charge < -0.3 is 10.1 Å². The Kier molecular flexibility index (Phi) is 4.99. The highest BCUT2D eigenvalue weighted by Gasteiger charge is 2.28. The number of hydrogen-bond acceptors (Lipinski definition) is 8. The van der Waals surface area contributed by atoms with Crippen LogP contribution in [0.2, 0.25) is 0 Å². The zero-order valence-corrected chi connectivity index (χ0v) is 17.9. The molecule has 0 radical (unpaired) electrons. The molecule has 1 fully saturated rings. The predicted molar refractivity (Wildman–Crippen MR) is 113 cm³/mol. The molecular formula is C22H25N7O2. The third-order valence-corrected chi connectivity index (χ3v) is 6.13. The van der Waals surface area contributed by atoms with Gasteiger partial charge >= 0.3 is 5.97 Å². The number of carbonyl (C=O) groups excluding carboxylic acids is 1. The van der Waals surface area contributed by atoms with Crippen molar-refractivity contribution in [2.45, 2.75) is 40.0 Å². The fourth-order valence-electron chi connectivity index (χ4n) is 4.47. The van der Waals surface area contributed by atoms with Gasteiger partial charge in [-0.2, -0.15) is 0 Å². The molecule has 9 nitrogen and oxygen atoms in total. The van der Waals surface area contributed by atoms with Crippen molar-refractivity contribution in [3.05, 3.63) is 64.0 Å². The van der Waals surface area contributed by atoms with Crippen LogP contribution >= 0.6 is 0 Å². The molecular weight excluding hydrogens is 394 g/mol. The minimum absolute atomic E-state index is 0.206. The van der Waals surface area contributed by atoms with E-state index in [0.29, 0.717) is 18.1 Å². The Morgan fingerprint density at radius 1 is 1.13 bits per heavy atom. The van der Waals surface area contributed by atoms with E-state index >= 15 is 0 Å². The molecule has 5 rings (SSSR count). The van der Waals surface area contributed by atoms with Crippen LogP contribution in [0.3, 0.4) is 0 Å². The summed E-state index contributed by atoms with van der Waals surface area (Å²) in [6.07, 6.45) is 3.75. The van der Waals surface area contributed by atoms with E-state index in [4.69, 9.17) is 4.74 Å². The number of aromatic nitrogens is 5. The highest BCUT2D eigenvalue weighted by molar-refractivity contribution is 5.93. The number of benzene rings is 1. The number of fused-ring (bicyclic) bond motifs is 1. The van der Waals surface area contributed by atoms with Gasteiger partial charge in [-0.05, 0) is 38.0 Å². The SMILES string of the molecule is Cc1c([C@@H]2CN(Cc3cnc(-n4c(C)nnc4C)nc3)CCN2)ccc2c1COC2=O. The molecule has 160 valence electrons. The first-order valence-electron chi connectivity index (χ1n) is 10.5. The van der Waals surface area contributed by atoms with Crippen molar-refractivity contribution in [3.8, 4) is 5.95 Å². The normalized spacial score (nSPS) is 18.8. The molecule has 2 aliphatic heterocycles. The molecule has 2 aromatic heterocycles. The highest BCUT2D eigenvalue weighted by Crippen LogP contribution is 2.30. The quantitative estimate of drug-likeness (QED) is 0.640. The molecule has 4 heterocycles. The van der Waals surface area contributed by atoms with E-state index in [1.807, 2.05) is 36.9 Å². The Morgan fingerprint density at radius 3 is 2.61 bits per heavy atom. The second-order valence-corrected chi connectivity index (χ2v) is 8.15. The number of rotatable bonds is 4. The molecule has 2 aliphatic rings. The predicted octanol–water partition coefficient (Wildman–Crippen LogP) is 1.80. The minimum atomic E-state index is -0.219. The minimum Gasteiger partial charge on any atom is -0.457 e. The molecule has 3 aromatic rings. The topological polar surface area (TPSA) is 98.1 Å². The molecule has 1 atom stereocenters. The number of esters is 1. The first-order chi connectivity index (χ1) is 15.0. The molecule has 31 heavy (non-hydrogen) atoms. The highest BCUT2D eigenvalue weighted by atomic mass is 16.5. The Balaban J connectivity index is 1.30. The zero-order valence-electron chi connectivity index (χ0n) is 17.9. The number of piperazine rings is 1. The van der Waals surface area contributed by atoms with Gasteiger partial charge in [-0.1, -0.05) is 6.07 Å². The summed E-state index contributed by atoms with van der Waals surface area (Å²) in [4.78, 5) is 23.3. The third kappa shape index (κ3) is 3.60. The van der Waals surface area contributed by atoms with Crippen LogP contribution in [0, 0.1) is 20.8 Å². The number of cyclic esters (lactones) is 1. The Hall–Kier alpha value is -3.17. The molecule has 0 amide bonds. The smallest absolute Gasteiger partial charge is 0.338 e. The number of nitrogens with one attached hydrogen (secondary N) is 1. The lowest BCUT2D eigenvalue weighted by Crippen LogP contribution is -2.45. The van der Waals surface area contributed by atoms with E-state index < -0.39 is 0 Å². The lowest BCUT2D eigenvalue weighted by atomic mass is 9.93. The van der Waals surface area contributed by atoms with Gasteiger partial charge in [0.25, 0.3) is 0 Å². The van der Waals surface area contributed by atoms with Gasteiger partial charge in [0, 0.05) is 55.7 Å². The molecule has 0 saturated carbocycles. The van der Waals surface area contributed by atoms with Crippen LogP contribution in [0.25, 0.3) is 5.95 Å². The second kappa shape index (κ2) is 7.82. The van der Waals surface area contributed by atoms with Crippen molar-refractivity contribution < 1.29 is 9.53 Å². The first kappa shape index (κ1) is 19.8. The lowest BCUT2D eigenvalue weighted by Gasteiger charge is -2.34. The van der Waals surface area contributed by atoms with Crippen molar-refractivity contribution in [3.63, 3.8) is 0 Å². The van der Waals surface area contributed by atoms with E-state index in [-0.39, 0.29) is 12.0 Å². The largest absolute Gasteiger partial charge is 0.457 e. The number of hydrogen-bond donors (Lipinski definition) is 1. The zero-order chi connectivity index (χ0) is 21.5. The molecule has 9 heteroatoms. The molecule has 0 aliphatic carbocycles. The average Bonchev–Trinajstić information content (AvgIpc) is 3.31. The van der Waals surface area contributed by atoms with Crippen LogP contribution in [0.5, 0.6) is 0 Å². The molecule has 1 N–H and O–H groups in total. The number of carbonyl (C=O) groups is 1. The number of aryl methyl sites for hydroxylation is 2. The Morgan fingerprint density at radius 2 is 1.87 bits per heavy atom. The van der Waals surface area contributed by atoms with E-state index in [1.54, 1.807) is 0 Å². The van der Waals surface area contributed by atoms with E-state index in [0.717, 1.165) is 54.5 Å². The number of nitrogens with zero attached hydrogens (tertiary/aromatic N) is 6. The summed E-state index contributed by atoms with van der Waals surface area (Å²) in [7, 11) is 0. The molecule has 0 spiro atoms. The summed E-state index contributed by atoms with van der Waals surface area (Å²) < 4.78 is 7.05. The monoisotopic (exact) mass is 419 g/mol. The van der Waals surface area contributed by atoms with Crippen LogP contribution in [-0.4, -0.2) is 55.2 Å². The van der Waals surface area contributed by atoms with Crippen molar-refractivity contribution in [1.82, 2.24) is 34.9 Å². The lowest BCUT2D eigenvalue weighted by molar-refractivity contribution is 0.0535. The maximum atomic E-state index is 11.8. The third-order valence-electron chi connectivity index (χ3n) is 6.13. The van der Waals surface area contributed by atoms with Crippen LogP contribution < -0.4 is 5.32 Å². The van der Waals surface area contributed by atoms with Gasteiger partial charge in [0.15, 0.2) is 0 Å². The fraction of sp³-hybridized carbons (Fsp3) is 0.409. The summed E-state index contributed by atoms with van der Waals surface area (Å²) in [5.74, 6) is 1.91. The van der Waals surface area contributed by atoms with Gasteiger partial charge in [-0.15, -0.1) is 10.2 Å². The van der Waals surface area contributed by atoms with E-state index in [1.165, 1.54) is 5.56 Å². The van der Waals surface area contributed by atoms with Crippen molar-refractivity contribution in [2.24, 2.45) is 0 Å². The van der Waals surface area contributed by atoms with E-state index in [2.05, 4.69) is 43.4 Å². The van der Waals surface area contributed by atoms with Crippen LogP contribution in [0.4, 0.5) is 0 Å². The standard InChI is InChI=1S/C22H25N7O2/c1-13-17(4-5-18-19(13)12-31-21(18)30)20-11-28(7-6-23-20)10-16-8-24-22(25-9-16)29-14(2)26-27-15(29)3/h4-5,8-9,20,23H,6-7,10-12H2,1-3H3/t20-/m0/s1. The van der Waals surface area contributed by atoms with Crippen LogP contribution in [0.15, 0.2) is 24.5 Å². The van der Waals surface area contributed by atoms with Crippen LogP contribution in [-0.2, 0) is 17.9 Å². The number of ether oxygens (including phenoxy) is 1. The maximum absolute atomic E-state index is 11.8. The van der Waals surface area contributed by atoms with Gasteiger partial charge in [0.1, 0.15) is 18.3 Å². The maximum Gasteiger partial charge on any atom is 0.338 e. The summed E-state index contributed by atoms with van der Waals surface area (Å²) in [5.41, 5.74) is 5.16. The summed E-state index contributed by atoms with van der Waals surface area (Å²) in [6.45, 7) is 9.74. The summed E-state index contributed by atoms with van der Waals surface area (Å²) in [5, 5.41) is 11.8. The van der Waals surface area contributed by atoms with Crippen LogP contribution in [0.1, 0.15) is 50.3 Å². The van der Waals surface area contributed by atoms with Crippen molar-refractivity contribution >= 4 is 5.97 Å². The fourth-order valence-corrected chi connectivity index (χ4v) is 4.47. The molecule has 0 bridgehead atoms. The second-order valence-electron chi connectivity index (χ2n) is 8.15. The summed E-state index contributed by atoms with van der Waals surface area (Å²) in [6, 6.07) is 4.16. The van der Waals surface area contributed by atoms with Gasteiger partial charge in [-0.25, -0.2) is 14.8 Å². The molecule has 0 unspecified atom stereocenters. The summed E-state index contributed by atoms with van der Waals surface area (Å²) >= 11 is 0. The Labute approximate surface area is 180 Å². The van der Waals surface area contributed by atoms with Crippen molar-refractivity contribution in [1.29, 1.82) is 0 Å². The average molecular weight is 419 g/mol. The van der Waals surface area contributed by atoms with Gasteiger partial charge in [-0.3, -0.25) is 9.47 Å². The van der Waals surface area contributed by atoms with E-state index in [9.17, 15) is 4.79 Å².